The molecule has 1 amide bonds. The van der Waals surface area contributed by atoms with E-state index in [-0.39, 0.29) is 5.91 Å². The van der Waals surface area contributed by atoms with Crippen LogP contribution < -0.4 is 10.6 Å². The minimum absolute atomic E-state index is 0.0465. The van der Waals surface area contributed by atoms with Crippen molar-refractivity contribution in [2.75, 3.05) is 38.0 Å². The van der Waals surface area contributed by atoms with E-state index in [4.69, 9.17) is 23.2 Å². The number of carbonyl (C=O) groups excluding carboxylic acids is 1. The molecule has 6 heteroatoms. The lowest BCUT2D eigenvalue weighted by molar-refractivity contribution is -0.116. The van der Waals surface area contributed by atoms with Crippen LogP contribution in [0.2, 0.25) is 10.0 Å². The van der Waals surface area contributed by atoms with E-state index in [1.54, 1.807) is 18.2 Å². The molecular formula is C17H25Cl2N3O. The second-order valence-electron chi connectivity index (χ2n) is 5.99. The molecule has 0 bridgehead atoms. The lowest BCUT2D eigenvalue weighted by Gasteiger charge is -2.31. The zero-order chi connectivity index (χ0) is 16.7. The Morgan fingerprint density at radius 1 is 1.26 bits per heavy atom. The van der Waals surface area contributed by atoms with E-state index >= 15 is 0 Å². The van der Waals surface area contributed by atoms with Gasteiger partial charge in [0, 0.05) is 13.0 Å². The number of amides is 1. The first-order chi connectivity index (χ1) is 11.1. The SMILES string of the molecule is CCNCC1CCN(CCC(=O)Nc2c(Cl)cccc2Cl)CC1. The maximum atomic E-state index is 12.1. The van der Waals surface area contributed by atoms with Crippen LogP contribution in [0.4, 0.5) is 5.69 Å². The highest BCUT2D eigenvalue weighted by Crippen LogP contribution is 2.29. The molecule has 0 atom stereocenters. The van der Waals surface area contributed by atoms with Crippen molar-refractivity contribution < 1.29 is 4.79 Å². The number of benzene rings is 1. The van der Waals surface area contributed by atoms with E-state index in [0.717, 1.165) is 38.6 Å². The van der Waals surface area contributed by atoms with Crippen LogP contribution in [0.15, 0.2) is 18.2 Å². The van der Waals surface area contributed by atoms with Crippen LogP contribution in [-0.2, 0) is 4.79 Å². The summed E-state index contributed by atoms with van der Waals surface area (Å²) in [7, 11) is 0. The summed E-state index contributed by atoms with van der Waals surface area (Å²) in [6.45, 7) is 7.19. The molecule has 2 N–H and O–H groups in total. The van der Waals surface area contributed by atoms with Crippen LogP contribution in [-0.4, -0.2) is 43.5 Å². The topological polar surface area (TPSA) is 44.4 Å². The summed E-state index contributed by atoms with van der Waals surface area (Å²) in [5.74, 6) is 0.719. The highest BCUT2D eigenvalue weighted by molar-refractivity contribution is 6.39. The Balaban J connectivity index is 1.71. The lowest BCUT2D eigenvalue weighted by Crippen LogP contribution is -2.38. The summed E-state index contributed by atoms with van der Waals surface area (Å²) in [5, 5.41) is 7.16. The number of carbonyl (C=O) groups is 1. The van der Waals surface area contributed by atoms with Gasteiger partial charge in [-0.15, -0.1) is 0 Å². The van der Waals surface area contributed by atoms with Gasteiger partial charge in [-0.1, -0.05) is 36.2 Å². The van der Waals surface area contributed by atoms with Gasteiger partial charge >= 0.3 is 0 Å². The Morgan fingerprint density at radius 2 is 1.91 bits per heavy atom. The quantitative estimate of drug-likeness (QED) is 0.782. The standard InChI is InChI=1S/C17H25Cl2N3O/c1-2-20-12-13-6-9-22(10-7-13)11-8-16(23)21-17-14(18)4-3-5-15(17)19/h3-5,13,20H,2,6-12H2,1H3,(H,21,23). The minimum Gasteiger partial charge on any atom is -0.324 e. The van der Waals surface area contributed by atoms with Gasteiger partial charge in [0.1, 0.15) is 0 Å². The Morgan fingerprint density at radius 3 is 2.52 bits per heavy atom. The van der Waals surface area contributed by atoms with Gasteiger partial charge < -0.3 is 15.5 Å². The summed E-state index contributed by atoms with van der Waals surface area (Å²) < 4.78 is 0. The number of nitrogens with one attached hydrogen (secondary N) is 2. The molecule has 4 nitrogen and oxygen atoms in total. The molecule has 0 saturated carbocycles. The Bertz CT molecular complexity index is 496. The van der Waals surface area contributed by atoms with Crippen LogP contribution in [0.1, 0.15) is 26.2 Å². The summed E-state index contributed by atoms with van der Waals surface area (Å²) in [6.07, 6.45) is 2.86. The van der Waals surface area contributed by atoms with Crippen molar-refractivity contribution in [2.24, 2.45) is 5.92 Å². The molecule has 0 spiro atoms. The van der Waals surface area contributed by atoms with Gasteiger partial charge in [0.2, 0.25) is 5.91 Å². The first kappa shape index (κ1) is 18.5. The van der Waals surface area contributed by atoms with Crippen molar-refractivity contribution in [3.63, 3.8) is 0 Å². The third kappa shape index (κ3) is 5.96. The molecule has 1 fully saturated rings. The first-order valence-electron chi connectivity index (χ1n) is 8.27. The molecule has 1 aliphatic heterocycles. The molecule has 1 aliphatic rings. The third-order valence-corrected chi connectivity index (χ3v) is 4.90. The minimum atomic E-state index is -0.0465. The van der Waals surface area contributed by atoms with Crippen molar-refractivity contribution in [2.45, 2.75) is 26.2 Å². The third-order valence-electron chi connectivity index (χ3n) is 4.27. The second kappa shape index (κ2) is 9.48. The predicted octanol–water partition coefficient (Wildman–Crippen LogP) is 3.64. The van der Waals surface area contributed by atoms with E-state index < -0.39 is 0 Å². The average Bonchev–Trinajstić information content (AvgIpc) is 2.55. The fourth-order valence-electron chi connectivity index (χ4n) is 2.84. The van der Waals surface area contributed by atoms with E-state index in [1.807, 2.05) is 0 Å². The molecule has 0 radical (unpaired) electrons. The van der Waals surface area contributed by atoms with Gasteiger partial charge in [-0.05, 0) is 57.1 Å². The number of piperidine rings is 1. The molecule has 0 aliphatic carbocycles. The number of para-hydroxylation sites is 1. The lowest BCUT2D eigenvalue weighted by atomic mass is 9.96. The van der Waals surface area contributed by atoms with Crippen LogP contribution in [0.3, 0.4) is 0 Å². The first-order valence-corrected chi connectivity index (χ1v) is 9.02. The van der Waals surface area contributed by atoms with Crippen molar-refractivity contribution >= 4 is 34.8 Å². The van der Waals surface area contributed by atoms with Gasteiger partial charge in [0.05, 0.1) is 15.7 Å². The van der Waals surface area contributed by atoms with Crippen molar-refractivity contribution in [3.8, 4) is 0 Å². The van der Waals surface area contributed by atoms with Crippen molar-refractivity contribution in [1.29, 1.82) is 0 Å². The maximum absolute atomic E-state index is 12.1. The number of anilines is 1. The second-order valence-corrected chi connectivity index (χ2v) is 6.80. The molecule has 1 aromatic rings. The van der Waals surface area contributed by atoms with E-state index in [1.165, 1.54) is 12.8 Å². The average molecular weight is 358 g/mol. The normalized spacial score (nSPS) is 16.5. The summed E-state index contributed by atoms with van der Waals surface area (Å²) in [5.41, 5.74) is 0.505. The number of hydrogen-bond acceptors (Lipinski definition) is 3. The molecule has 1 aromatic carbocycles. The highest BCUT2D eigenvalue weighted by Gasteiger charge is 2.19. The largest absolute Gasteiger partial charge is 0.324 e. The Hall–Kier alpha value is -0.810. The number of rotatable bonds is 7. The van der Waals surface area contributed by atoms with Gasteiger partial charge in [0.15, 0.2) is 0 Å². The Labute approximate surface area is 148 Å². The van der Waals surface area contributed by atoms with E-state index in [0.29, 0.717) is 22.2 Å². The molecule has 0 unspecified atom stereocenters. The molecule has 0 aromatic heterocycles. The predicted molar refractivity (Wildman–Crippen MR) is 97.4 cm³/mol. The molecule has 23 heavy (non-hydrogen) atoms. The van der Waals surface area contributed by atoms with E-state index in [9.17, 15) is 4.79 Å². The number of halogens is 2. The van der Waals surface area contributed by atoms with Gasteiger partial charge in [-0.25, -0.2) is 0 Å². The highest BCUT2D eigenvalue weighted by atomic mass is 35.5. The number of likely N-dealkylation sites (tertiary alicyclic amines) is 1. The molecule has 1 heterocycles. The van der Waals surface area contributed by atoms with Crippen molar-refractivity contribution in [3.05, 3.63) is 28.2 Å². The molecule has 2 rings (SSSR count). The number of hydrogen-bond donors (Lipinski definition) is 2. The fraction of sp³-hybridized carbons (Fsp3) is 0.588. The van der Waals surface area contributed by atoms with Gasteiger partial charge in [0.25, 0.3) is 0 Å². The molecular weight excluding hydrogens is 333 g/mol. The summed E-state index contributed by atoms with van der Waals surface area (Å²) in [6, 6.07) is 5.20. The fourth-order valence-corrected chi connectivity index (χ4v) is 3.33. The zero-order valence-corrected chi connectivity index (χ0v) is 15.1. The van der Waals surface area contributed by atoms with Gasteiger partial charge in [-0.3, -0.25) is 4.79 Å². The van der Waals surface area contributed by atoms with Gasteiger partial charge in [-0.2, -0.15) is 0 Å². The van der Waals surface area contributed by atoms with Crippen molar-refractivity contribution in [1.82, 2.24) is 10.2 Å². The zero-order valence-electron chi connectivity index (χ0n) is 13.6. The van der Waals surface area contributed by atoms with Crippen LogP contribution >= 0.6 is 23.2 Å². The maximum Gasteiger partial charge on any atom is 0.225 e. The molecule has 1 saturated heterocycles. The summed E-state index contributed by atoms with van der Waals surface area (Å²) in [4.78, 5) is 14.5. The van der Waals surface area contributed by atoms with Crippen LogP contribution in [0.5, 0.6) is 0 Å². The molecule has 128 valence electrons. The Kier molecular flexibility index (Phi) is 7.63. The monoisotopic (exact) mass is 357 g/mol. The van der Waals surface area contributed by atoms with Crippen LogP contribution in [0.25, 0.3) is 0 Å². The smallest absolute Gasteiger partial charge is 0.225 e. The van der Waals surface area contributed by atoms with E-state index in [2.05, 4.69) is 22.5 Å². The van der Waals surface area contributed by atoms with Crippen LogP contribution in [0, 0.1) is 5.92 Å². The summed E-state index contributed by atoms with van der Waals surface area (Å²) >= 11 is 12.1. The number of nitrogens with zero attached hydrogens (tertiary/aromatic N) is 1.